The number of benzene rings is 2. The second-order valence-electron chi connectivity index (χ2n) is 7.39. The maximum atomic E-state index is 12.5. The Morgan fingerprint density at radius 1 is 1.03 bits per heavy atom. The number of aliphatic imine (C=N–C) groups is 1. The fraction of sp³-hybridized carbons (Fsp3) is 0.167. The van der Waals surface area contributed by atoms with E-state index in [-0.39, 0.29) is 5.91 Å². The van der Waals surface area contributed by atoms with Crippen LogP contribution < -0.4 is 5.32 Å². The molecule has 4 rings (SSSR count). The Balaban J connectivity index is 1.64. The lowest BCUT2D eigenvalue weighted by atomic mass is 10.1. The topological polar surface area (TPSA) is 46.4 Å². The van der Waals surface area contributed by atoms with Gasteiger partial charge in [-0.15, -0.1) is 0 Å². The number of thioether (sulfide) groups is 1. The van der Waals surface area contributed by atoms with Crippen molar-refractivity contribution in [1.29, 1.82) is 0 Å². The summed E-state index contributed by atoms with van der Waals surface area (Å²) in [5.41, 5.74) is 7.36. The summed E-state index contributed by atoms with van der Waals surface area (Å²) in [6, 6.07) is 15.9. The van der Waals surface area contributed by atoms with Crippen LogP contribution in [-0.2, 0) is 4.79 Å². The molecule has 0 bridgehead atoms. The summed E-state index contributed by atoms with van der Waals surface area (Å²) in [6.45, 7) is 8.21. The minimum absolute atomic E-state index is 0.129. The van der Waals surface area contributed by atoms with Crippen LogP contribution >= 0.6 is 23.4 Å². The summed E-state index contributed by atoms with van der Waals surface area (Å²) >= 11 is 7.53. The molecule has 2 heterocycles. The first-order valence-electron chi connectivity index (χ1n) is 9.63. The number of carbonyl (C=O) groups is 1. The molecule has 0 unspecified atom stereocenters. The monoisotopic (exact) mass is 435 g/mol. The Labute approximate surface area is 185 Å². The first-order chi connectivity index (χ1) is 14.3. The van der Waals surface area contributed by atoms with Gasteiger partial charge in [0.15, 0.2) is 5.17 Å². The molecule has 0 atom stereocenters. The number of nitrogens with zero attached hydrogens (tertiary/aromatic N) is 2. The van der Waals surface area contributed by atoms with Crippen molar-refractivity contribution in [2.24, 2.45) is 4.99 Å². The third-order valence-corrected chi connectivity index (χ3v) is 6.34. The molecule has 0 aliphatic carbocycles. The number of aryl methyl sites for hydroxylation is 3. The number of hydrogen-bond donors (Lipinski definition) is 1. The van der Waals surface area contributed by atoms with Crippen molar-refractivity contribution in [2.45, 2.75) is 27.7 Å². The number of hydrogen-bond acceptors (Lipinski definition) is 3. The summed E-state index contributed by atoms with van der Waals surface area (Å²) in [4.78, 5) is 17.7. The predicted molar refractivity (Wildman–Crippen MR) is 127 cm³/mol. The molecule has 6 heteroatoms. The number of rotatable bonds is 3. The van der Waals surface area contributed by atoms with Gasteiger partial charge in [0, 0.05) is 22.1 Å². The first kappa shape index (κ1) is 20.5. The standard InChI is InChI=1S/C24H22ClN3OS/c1-14-8-9-20(10-15(14)2)26-24-27-23(29)22(30-24)12-18-11-16(3)28(17(18)4)21-7-5-6-19(25)13-21/h5-13H,1-4H3,(H,26,27,29)/b22-12-. The van der Waals surface area contributed by atoms with Crippen LogP contribution in [0.3, 0.4) is 0 Å². The third-order valence-electron chi connectivity index (χ3n) is 5.20. The summed E-state index contributed by atoms with van der Waals surface area (Å²) in [5, 5.41) is 4.16. The van der Waals surface area contributed by atoms with Crippen molar-refractivity contribution < 1.29 is 4.79 Å². The lowest BCUT2D eigenvalue weighted by Gasteiger charge is -2.09. The summed E-state index contributed by atoms with van der Waals surface area (Å²) in [7, 11) is 0. The van der Waals surface area contributed by atoms with Crippen molar-refractivity contribution in [1.82, 2.24) is 9.88 Å². The van der Waals surface area contributed by atoms with E-state index in [1.165, 1.54) is 22.9 Å². The fourth-order valence-corrected chi connectivity index (χ4v) is 4.50. The van der Waals surface area contributed by atoms with E-state index in [1.807, 2.05) is 62.4 Å². The molecule has 1 fully saturated rings. The molecule has 1 aliphatic heterocycles. The van der Waals surface area contributed by atoms with Gasteiger partial charge in [0.25, 0.3) is 5.91 Å². The van der Waals surface area contributed by atoms with Crippen LogP contribution in [0.5, 0.6) is 0 Å². The van der Waals surface area contributed by atoms with E-state index in [2.05, 4.69) is 34.8 Å². The average Bonchev–Trinajstić information content (AvgIpc) is 3.17. The predicted octanol–water partition coefficient (Wildman–Crippen LogP) is 6.26. The van der Waals surface area contributed by atoms with E-state index >= 15 is 0 Å². The van der Waals surface area contributed by atoms with Crippen molar-refractivity contribution in [2.75, 3.05) is 0 Å². The van der Waals surface area contributed by atoms with Crippen molar-refractivity contribution in [3.8, 4) is 5.69 Å². The molecule has 1 aliphatic rings. The quantitative estimate of drug-likeness (QED) is 0.494. The highest BCUT2D eigenvalue weighted by molar-refractivity contribution is 8.18. The van der Waals surface area contributed by atoms with E-state index in [0.29, 0.717) is 15.1 Å². The number of aromatic nitrogens is 1. The summed E-state index contributed by atoms with van der Waals surface area (Å²) < 4.78 is 2.14. The normalized spacial score (nSPS) is 16.5. The second kappa shape index (κ2) is 8.17. The molecule has 1 aromatic heterocycles. The van der Waals surface area contributed by atoms with Crippen LogP contribution in [-0.4, -0.2) is 15.6 Å². The molecule has 1 saturated heterocycles. The minimum atomic E-state index is -0.129. The zero-order valence-electron chi connectivity index (χ0n) is 17.3. The Hall–Kier alpha value is -2.76. The highest BCUT2D eigenvalue weighted by Gasteiger charge is 2.24. The lowest BCUT2D eigenvalue weighted by molar-refractivity contribution is -0.115. The van der Waals surface area contributed by atoms with E-state index in [1.54, 1.807) is 0 Å². The van der Waals surface area contributed by atoms with Gasteiger partial charge in [-0.3, -0.25) is 4.79 Å². The van der Waals surface area contributed by atoms with E-state index < -0.39 is 0 Å². The van der Waals surface area contributed by atoms with E-state index in [9.17, 15) is 4.79 Å². The number of amides is 1. The van der Waals surface area contributed by atoms with Gasteiger partial charge in [-0.2, -0.15) is 0 Å². The SMILES string of the molecule is Cc1ccc(N=C2NC(=O)/C(=C/c3cc(C)n(-c4cccc(Cl)c4)c3C)S2)cc1C. The molecular formula is C24H22ClN3OS. The van der Waals surface area contributed by atoms with Crippen LogP contribution in [0.1, 0.15) is 28.1 Å². The zero-order valence-corrected chi connectivity index (χ0v) is 18.9. The van der Waals surface area contributed by atoms with Crippen LogP contribution in [0.25, 0.3) is 11.8 Å². The molecule has 4 nitrogen and oxygen atoms in total. The minimum Gasteiger partial charge on any atom is -0.318 e. The summed E-state index contributed by atoms with van der Waals surface area (Å²) in [6.07, 6.45) is 1.92. The zero-order chi connectivity index (χ0) is 21.4. The van der Waals surface area contributed by atoms with Gasteiger partial charge >= 0.3 is 0 Å². The Morgan fingerprint density at radius 2 is 1.83 bits per heavy atom. The second-order valence-corrected chi connectivity index (χ2v) is 8.86. The number of nitrogens with one attached hydrogen (secondary N) is 1. The number of halogens is 1. The lowest BCUT2D eigenvalue weighted by Crippen LogP contribution is -2.19. The van der Waals surface area contributed by atoms with Gasteiger partial charge in [0.05, 0.1) is 10.6 Å². The van der Waals surface area contributed by atoms with Gasteiger partial charge in [-0.25, -0.2) is 4.99 Å². The number of amidine groups is 1. The van der Waals surface area contributed by atoms with Crippen molar-refractivity contribution in [3.63, 3.8) is 0 Å². The highest BCUT2D eigenvalue weighted by atomic mass is 35.5. The highest BCUT2D eigenvalue weighted by Crippen LogP contribution is 2.31. The fourth-order valence-electron chi connectivity index (χ4n) is 3.48. The Morgan fingerprint density at radius 3 is 2.57 bits per heavy atom. The van der Waals surface area contributed by atoms with Crippen molar-refractivity contribution >= 4 is 46.2 Å². The average molecular weight is 436 g/mol. The molecule has 1 amide bonds. The van der Waals surface area contributed by atoms with E-state index in [4.69, 9.17) is 11.6 Å². The molecule has 2 aromatic carbocycles. The molecule has 152 valence electrons. The molecular weight excluding hydrogens is 414 g/mol. The van der Waals surface area contributed by atoms with Crippen LogP contribution in [0.15, 0.2) is 58.4 Å². The van der Waals surface area contributed by atoms with Crippen LogP contribution in [0.2, 0.25) is 5.02 Å². The largest absolute Gasteiger partial charge is 0.318 e. The molecule has 0 saturated carbocycles. The maximum absolute atomic E-state index is 12.5. The Bertz CT molecular complexity index is 1220. The first-order valence-corrected chi connectivity index (χ1v) is 10.8. The molecule has 3 aromatic rings. The van der Waals surface area contributed by atoms with Gasteiger partial charge < -0.3 is 9.88 Å². The van der Waals surface area contributed by atoms with Gasteiger partial charge in [0.2, 0.25) is 0 Å². The molecule has 0 radical (unpaired) electrons. The smallest absolute Gasteiger partial charge is 0.264 e. The number of carbonyl (C=O) groups excluding carboxylic acids is 1. The Kier molecular flexibility index (Phi) is 5.58. The summed E-state index contributed by atoms with van der Waals surface area (Å²) in [5.74, 6) is -0.129. The maximum Gasteiger partial charge on any atom is 0.264 e. The molecule has 30 heavy (non-hydrogen) atoms. The third kappa shape index (κ3) is 4.09. The molecule has 0 spiro atoms. The van der Waals surface area contributed by atoms with Gasteiger partial charge in [0.1, 0.15) is 0 Å². The van der Waals surface area contributed by atoms with Crippen LogP contribution in [0, 0.1) is 27.7 Å². The van der Waals surface area contributed by atoms with Gasteiger partial charge in [-0.05, 0) is 98.6 Å². The van der Waals surface area contributed by atoms with Crippen LogP contribution in [0.4, 0.5) is 5.69 Å². The van der Waals surface area contributed by atoms with E-state index in [0.717, 1.165) is 28.3 Å². The van der Waals surface area contributed by atoms with Crippen molar-refractivity contribution in [3.05, 3.63) is 86.5 Å². The molecule has 1 N–H and O–H groups in total. The van der Waals surface area contributed by atoms with Gasteiger partial charge in [-0.1, -0.05) is 23.7 Å².